The Kier molecular flexibility index (Phi) is 4.15. The van der Waals surface area contributed by atoms with Crippen LogP contribution >= 0.6 is 0 Å². The maximum Gasteiger partial charge on any atom is 0.511 e. The molecule has 0 bridgehead atoms. The highest BCUT2D eigenvalue weighted by atomic mass is 16.8. The number of nitrogens with two attached hydrogens (primary N) is 1. The normalized spacial score (nSPS) is 31.1. The van der Waals surface area contributed by atoms with Crippen LogP contribution in [0.15, 0.2) is 18.5 Å². The van der Waals surface area contributed by atoms with Gasteiger partial charge in [0, 0.05) is 0 Å². The molecule has 4 atom stereocenters. The van der Waals surface area contributed by atoms with Crippen LogP contribution < -0.4 is 5.73 Å². The number of anilines is 1. The predicted octanol–water partition coefficient (Wildman–Crippen LogP) is 0.204. The van der Waals surface area contributed by atoms with Crippen LogP contribution in [-0.4, -0.2) is 55.1 Å². The van der Waals surface area contributed by atoms with E-state index in [1.54, 1.807) is 13.0 Å². The Morgan fingerprint density at radius 2 is 2.21 bits per heavy atom. The van der Waals surface area contributed by atoms with E-state index < -0.39 is 35.9 Å². The van der Waals surface area contributed by atoms with E-state index in [1.807, 2.05) is 6.07 Å². The second-order valence-electron chi connectivity index (χ2n) is 7.20. The highest BCUT2D eigenvalue weighted by molar-refractivity contribution is 5.66. The summed E-state index contributed by atoms with van der Waals surface area (Å²) in [6.45, 7) is 1.77. The number of ether oxygens (including phenoxy) is 3. The minimum atomic E-state index is -2.04. The van der Waals surface area contributed by atoms with Crippen molar-refractivity contribution in [3.63, 3.8) is 0 Å². The quantitative estimate of drug-likeness (QED) is 0.617. The lowest BCUT2D eigenvalue weighted by Gasteiger charge is -2.37. The number of hydrogen-bond acceptors (Lipinski definition) is 10. The maximum atomic E-state index is 12.1. The molecular formula is C17H19N5O6. The summed E-state index contributed by atoms with van der Waals surface area (Å²) in [5.41, 5.74) is 3.63. The van der Waals surface area contributed by atoms with Crippen molar-refractivity contribution in [1.82, 2.24) is 14.6 Å². The van der Waals surface area contributed by atoms with Crippen molar-refractivity contribution < 1.29 is 29.2 Å². The Balaban J connectivity index is 1.62. The van der Waals surface area contributed by atoms with Gasteiger partial charge in [-0.05, 0) is 38.3 Å². The summed E-state index contributed by atoms with van der Waals surface area (Å²) < 4.78 is 17.1. The molecule has 2 aliphatic rings. The van der Waals surface area contributed by atoms with Gasteiger partial charge >= 0.3 is 6.16 Å². The van der Waals surface area contributed by atoms with Gasteiger partial charge in [0.1, 0.15) is 35.7 Å². The molecule has 0 amide bonds. The van der Waals surface area contributed by atoms with E-state index in [0.29, 0.717) is 18.4 Å². The number of aliphatic hydroxyl groups is 2. The largest absolute Gasteiger partial charge is 0.511 e. The van der Waals surface area contributed by atoms with Crippen LogP contribution in [0.4, 0.5) is 10.6 Å². The second kappa shape index (κ2) is 6.30. The summed E-state index contributed by atoms with van der Waals surface area (Å²) in [6, 6.07) is 4.87. The van der Waals surface area contributed by atoms with Gasteiger partial charge in [-0.1, -0.05) is 0 Å². The topological polar surface area (TPSA) is 165 Å². The fourth-order valence-electron chi connectivity index (χ4n) is 3.50. The van der Waals surface area contributed by atoms with E-state index in [-0.39, 0.29) is 11.5 Å². The third-order valence-electron chi connectivity index (χ3n) is 5.30. The lowest BCUT2D eigenvalue weighted by atomic mass is 9.82. The average Bonchev–Trinajstić information content (AvgIpc) is 3.17. The summed E-state index contributed by atoms with van der Waals surface area (Å²) in [7, 11) is 0. The number of fused-ring (bicyclic) bond motifs is 1. The monoisotopic (exact) mass is 389 g/mol. The molecule has 1 saturated carbocycles. The zero-order valence-electron chi connectivity index (χ0n) is 15.0. The highest BCUT2D eigenvalue weighted by Gasteiger charge is 2.59. The first kappa shape index (κ1) is 18.4. The molecule has 4 N–H and O–H groups in total. The molecule has 0 spiro atoms. The van der Waals surface area contributed by atoms with Crippen molar-refractivity contribution in [2.45, 2.75) is 55.9 Å². The van der Waals surface area contributed by atoms with Crippen molar-refractivity contribution in [3.05, 3.63) is 24.2 Å². The molecule has 11 nitrogen and oxygen atoms in total. The molecule has 0 unspecified atom stereocenters. The zero-order valence-corrected chi connectivity index (χ0v) is 15.0. The molecule has 0 radical (unpaired) electrons. The number of hydrogen-bond donors (Lipinski definition) is 3. The van der Waals surface area contributed by atoms with Crippen LogP contribution in [0.1, 0.15) is 31.9 Å². The van der Waals surface area contributed by atoms with Crippen molar-refractivity contribution in [1.29, 1.82) is 5.26 Å². The van der Waals surface area contributed by atoms with Crippen LogP contribution in [0.3, 0.4) is 0 Å². The van der Waals surface area contributed by atoms with Gasteiger partial charge in [0.25, 0.3) is 0 Å². The van der Waals surface area contributed by atoms with Crippen molar-refractivity contribution in [3.8, 4) is 6.07 Å². The van der Waals surface area contributed by atoms with E-state index in [1.165, 1.54) is 16.9 Å². The van der Waals surface area contributed by atoms with E-state index >= 15 is 0 Å². The maximum absolute atomic E-state index is 12.1. The van der Waals surface area contributed by atoms with Crippen LogP contribution in [0.2, 0.25) is 0 Å². The molecule has 2 aromatic rings. The van der Waals surface area contributed by atoms with E-state index in [0.717, 1.165) is 6.42 Å². The lowest BCUT2D eigenvalue weighted by molar-refractivity contribution is -0.176. The number of aliphatic hydroxyl groups excluding tert-OH is 2. The molecule has 2 aromatic heterocycles. The summed E-state index contributed by atoms with van der Waals surface area (Å²) in [4.78, 5) is 15.9. The first-order valence-electron chi connectivity index (χ1n) is 8.73. The number of carbonyl (C=O) groups is 1. The molecule has 1 saturated heterocycles. The van der Waals surface area contributed by atoms with Gasteiger partial charge in [-0.3, -0.25) is 0 Å². The van der Waals surface area contributed by atoms with E-state index in [4.69, 9.17) is 19.9 Å². The minimum Gasteiger partial charge on any atom is -0.428 e. The van der Waals surface area contributed by atoms with Gasteiger partial charge < -0.3 is 30.2 Å². The SMILES string of the molecule is CC1(OC(=O)O[C@H]2O[C@@](C#N)(c3ccc4c(N)ncnn34)[C@H](O)[C@@H]2O)CCC1. The molecule has 3 heterocycles. The molecule has 1 aliphatic heterocycles. The summed E-state index contributed by atoms with van der Waals surface area (Å²) in [5.74, 6) is 0.160. The number of rotatable bonds is 3. The van der Waals surface area contributed by atoms with Crippen LogP contribution in [-0.2, 0) is 19.8 Å². The molecule has 11 heteroatoms. The Morgan fingerprint density at radius 3 is 2.86 bits per heavy atom. The Hall–Kier alpha value is -2.94. The molecule has 1 aliphatic carbocycles. The fraction of sp³-hybridized carbons (Fsp3) is 0.529. The third-order valence-corrected chi connectivity index (χ3v) is 5.30. The number of aromatic nitrogens is 3. The van der Waals surface area contributed by atoms with Gasteiger partial charge in [-0.2, -0.15) is 10.4 Å². The van der Waals surface area contributed by atoms with Crippen LogP contribution in [0, 0.1) is 11.3 Å². The third kappa shape index (κ3) is 2.65. The predicted molar refractivity (Wildman–Crippen MR) is 91.4 cm³/mol. The number of nitrogens with zero attached hydrogens (tertiary/aromatic N) is 4. The van der Waals surface area contributed by atoms with Gasteiger partial charge in [0.2, 0.25) is 11.9 Å². The zero-order chi connectivity index (χ0) is 20.1. The van der Waals surface area contributed by atoms with Gasteiger partial charge in [0.15, 0.2) is 5.82 Å². The lowest BCUT2D eigenvalue weighted by Crippen LogP contribution is -2.41. The second-order valence-corrected chi connectivity index (χ2v) is 7.20. The number of carbonyl (C=O) groups excluding carboxylic acids is 1. The van der Waals surface area contributed by atoms with Crippen LogP contribution in [0.5, 0.6) is 0 Å². The van der Waals surface area contributed by atoms with Crippen molar-refractivity contribution in [2.75, 3.05) is 5.73 Å². The highest BCUT2D eigenvalue weighted by Crippen LogP contribution is 2.41. The first-order chi connectivity index (χ1) is 13.3. The summed E-state index contributed by atoms with van der Waals surface area (Å²) >= 11 is 0. The standard InChI is InChI=1S/C17H19N5O6/c1-16(5-2-6-16)28-15(25)26-14-11(23)12(24)17(7-18,27-14)10-4-3-9-13(19)20-8-21-22(9)10/h3-4,8,11-12,14,23-24H,2,5-6H2,1H3,(H2,19,20,21)/t11-,12+,14-,17-/m0/s1. The van der Waals surface area contributed by atoms with Crippen molar-refractivity contribution in [2.24, 2.45) is 0 Å². The van der Waals surface area contributed by atoms with E-state index in [2.05, 4.69) is 10.1 Å². The molecule has 0 aromatic carbocycles. The fourth-order valence-corrected chi connectivity index (χ4v) is 3.50. The van der Waals surface area contributed by atoms with E-state index in [9.17, 15) is 20.3 Å². The summed E-state index contributed by atoms with van der Waals surface area (Å²) in [5, 5.41) is 34.7. The van der Waals surface area contributed by atoms with Crippen molar-refractivity contribution >= 4 is 17.5 Å². The number of nitrogen functional groups attached to an aromatic ring is 1. The molecular weight excluding hydrogens is 370 g/mol. The van der Waals surface area contributed by atoms with Gasteiger partial charge in [-0.15, -0.1) is 0 Å². The molecule has 2 fully saturated rings. The van der Waals surface area contributed by atoms with Gasteiger partial charge in [-0.25, -0.2) is 14.3 Å². The smallest absolute Gasteiger partial charge is 0.428 e. The Labute approximate surface area is 159 Å². The van der Waals surface area contributed by atoms with Gasteiger partial charge in [0.05, 0.1) is 5.69 Å². The number of nitriles is 1. The molecule has 148 valence electrons. The minimum absolute atomic E-state index is 0.107. The Bertz CT molecular complexity index is 967. The molecule has 4 rings (SSSR count). The summed E-state index contributed by atoms with van der Waals surface area (Å²) in [6.07, 6.45) is -2.51. The molecule has 28 heavy (non-hydrogen) atoms. The van der Waals surface area contributed by atoms with Crippen LogP contribution in [0.25, 0.3) is 5.52 Å². The first-order valence-corrected chi connectivity index (χ1v) is 8.73. The average molecular weight is 389 g/mol. The Morgan fingerprint density at radius 1 is 1.46 bits per heavy atom.